The second-order valence-electron chi connectivity index (χ2n) is 8.69. The van der Waals surface area contributed by atoms with Crippen molar-refractivity contribution in [2.24, 2.45) is 0 Å². The zero-order chi connectivity index (χ0) is 22.9. The van der Waals surface area contributed by atoms with Crippen LogP contribution in [0.5, 0.6) is 0 Å². The molecule has 1 aromatic carbocycles. The highest BCUT2D eigenvalue weighted by molar-refractivity contribution is 7.17. The Kier molecular flexibility index (Phi) is 6.03. The highest BCUT2D eigenvalue weighted by Crippen LogP contribution is 2.38. The Bertz CT molecular complexity index is 1290. The molecule has 2 N–H and O–H groups in total. The quantitative estimate of drug-likeness (QED) is 0.587. The van der Waals surface area contributed by atoms with Crippen LogP contribution in [0, 0.1) is 6.92 Å². The van der Waals surface area contributed by atoms with Gasteiger partial charge in [0, 0.05) is 24.1 Å². The van der Waals surface area contributed by atoms with E-state index in [1.165, 1.54) is 17.4 Å². The molecule has 0 unspecified atom stereocenters. The number of hydrogen-bond acceptors (Lipinski definition) is 6. The summed E-state index contributed by atoms with van der Waals surface area (Å²) in [5, 5.41) is 6.77. The summed E-state index contributed by atoms with van der Waals surface area (Å²) in [6.07, 6.45) is 5.77. The second kappa shape index (κ2) is 9.11. The molecule has 172 valence electrons. The molecule has 0 spiro atoms. The maximum absolute atomic E-state index is 13.2. The predicted octanol–water partition coefficient (Wildman–Crippen LogP) is 4.20. The molecule has 5 rings (SSSR count). The average molecular weight is 467 g/mol. The minimum absolute atomic E-state index is 0.0387. The van der Waals surface area contributed by atoms with E-state index >= 15 is 0 Å². The van der Waals surface area contributed by atoms with E-state index in [0.717, 1.165) is 61.1 Å². The topological polar surface area (TPSA) is 97.6 Å². The zero-order valence-corrected chi connectivity index (χ0v) is 19.3. The molecule has 1 aliphatic heterocycles. The second-order valence-corrected chi connectivity index (χ2v) is 9.79. The molecular formula is C25H26N2O5S. The SMILES string of the molecule is Cc1ccc2c(=O)cc(C(=O)Nc3sc4c(c3C(=O)NC[C@H]3CCCO3)CCCC4)oc2c1. The Morgan fingerprint density at radius 3 is 2.79 bits per heavy atom. The zero-order valence-electron chi connectivity index (χ0n) is 18.5. The molecule has 0 radical (unpaired) electrons. The average Bonchev–Trinajstić information content (AvgIpc) is 3.44. The lowest BCUT2D eigenvalue weighted by atomic mass is 9.95. The maximum atomic E-state index is 13.2. The largest absolute Gasteiger partial charge is 0.451 e. The van der Waals surface area contributed by atoms with Crippen LogP contribution in [0.3, 0.4) is 0 Å². The lowest BCUT2D eigenvalue weighted by Gasteiger charge is -2.15. The van der Waals surface area contributed by atoms with E-state index < -0.39 is 5.91 Å². The summed E-state index contributed by atoms with van der Waals surface area (Å²) in [4.78, 5) is 39.8. The van der Waals surface area contributed by atoms with Crippen LogP contribution in [0.2, 0.25) is 0 Å². The molecule has 2 aliphatic rings. The van der Waals surface area contributed by atoms with Crippen LogP contribution in [-0.4, -0.2) is 31.1 Å². The molecule has 2 amide bonds. The third-order valence-electron chi connectivity index (χ3n) is 6.25. The number of ether oxygens (including phenoxy) is 1. The number of thiophene rings is 1. The Hall–Kier alpha value is -2.97. The predicted molar refractivity (Wildman–Crippen MR) is 127 cm³/mol. The van der Waals surface area contributed by atoms with Crippen molar-refractivity contribution in [1.82, 2.24) is 5.32 Å². The summed E-state index contributed by atoms with van der Waals surface area (Å²) in [5.41, 5.74) is 2.57. The molecule has 7 nitrogen and oxygen atoms in total. The van der Waals surface area contributed by atoms with Gasteiger partial charge in [-0.05, 0) is 68.7 Å². The van der Waals surface area contributed by atoms with Crippen molar-refractivity contribution >= 4 is 39.1 Å². The van der Waals surface area contributed by atoms with Gasteiger partial charge < -0.3 is 19.8 Å². The Balaban J connectivity index is 1.43. The number of carbonyl (C=O) groups is 2. The van der Waals surface area contributed by atoms with Crippen LogP contribution in [0.4, 0.5) is 5.00 Å². The summed E-state index contributed by atoms with van der Waals surface area (Å²) in [6.45, 7) is 3.08. The van der Waals surface area contributed by atoms with Crippen LogP contribution in [0.1, 0.15) is 62.6 Å². The maximum Gasteiger partial charge on any atom is 0.292 e. The lowest BCUT2D eigenvalue weighted by molar-refractivity contribution is 0.0858. The molecule has 1 aliphatic carbocycles. The molecule has 1 fully saturated rings. The molecule has 0 bridgehead atoms. The smallest absolute Gasteiger partial charge is 0.292 e. The molecule has 1 saturated heterocycles. The normalized spacial score (nSPS) is 17.7. The van der Waals surface area contributed by atoms with Gasteiger partial charge in [-0.1, -0.05) is 6.07 Å². The van der Waals surface area contributed by atoms with Crippen molar-refractivity contribution < 1.29 is 18.7 Å². The minimum atomic E-state index is -0.540. The van der Waals surface area contributed by atoms with Crippen LogP contribution < -0.4 is 16.1 Å². The third kappa shape index (κ3) is 4.45. The fourth-order valence-corrected chi connectivity index (χ4v) is 5.82. The highest BCUT2D eigenvalue weighted by Gasteiger charge is 2.28. The first-order chi connectivity index (χ1) is 16.0. The van der Waals surface area contributed by atoms with Gasteiger partial charge in [0.2, 0.25) is 0 Å². The number of hydrogen-bond donors (Lipinski definition) is 2. The van der Waals surface area contributed by atoms with Crippen molar-refractivity contribution in [1.29, 1.82) is 0 Å². The van der Waals surface area contributed by atoms with Gasteiger partial charge >= 0.3 is 0 Å². The van der Waals surface area contributed by atoms with Crippen molar-refractivity contribution in [3.05, 3.63) is 61.8 Å². The van der Waals surface area contributed by atoms with Gasteiger partial charge in [-0.3, -0.25) is 14.4 Å². The minimum Gasteiger partial charge on any atom is -0.451 e. The van der Waals surface area contributed by atoms with Gasteiger partial charge in [-0.15, -0.1) is 11.3 Å². The first-order valence-electron chi connectivity index (χ1n) is 11.4. The third-order valence-corrected chi connectivity index (χ3v) is 7.46. The van der Waals surface area contributed by atoms with Crippen LogP contribution in [-0.2, 0) is 17.6 Å². The molecule has 3 aromatic rings. The van der Waals surface area contributed by atoms with Crippen molar-refractivity contribution in [2.75, 3.05) is 18.5 Å². The standard InChI is InChI=1S/C25H26N2O5S/c1-14-8-9-16-18(28)12-20(32-19(16)11-14)23(29)27-25-22(17-6-2-3-7-21(17)33-25)24(30)26-13-15-5-4-10-31-15/h8-9,11-12,15H,2-7,10,13H2,1H3,(H,26,30)(H,27,29)/t15-/m1/s1. The number of rotatable bonds is 5. The van der Waals surface area contributed by atoms with E-state index in [2.05, 4.69) is 10.6 Å². The van der Waals surface area contributed by atoms with Gasteiger partial charge in [0.05, 0.1) is 17.1 Å². The van der Waals surface area contributed by atoms with E-state index in [1.54, 1.807) is 12.1 Å². The van der Waals surface area contributed by atoms with Crippen molar-refractivity contribution in [2.45, 2.75) is 51.6 Å². The number of nitrogens with one attached hydrogen (secondary N) is 2. The van der Waals surface area contributed by atoms with E-state index in [9.17, 15) is 14.4 Å². The number of benzene rings is 1. The van der Waals surface area contributed by atoms with Crippen LogP contribution >= 0.6 is 11.3 Å². The Labute approximate surface area is 195 Å². The number of fused-ring (bicyclic) bond motifs is 2. The summed E-state index contributed by atoms with van der Waals surface area (Å²) in [7, 11) is 0. The molecule has 8 heteroatoms. The van der Waals surface area contributed by atoms with Crippen LogP contribution in [0.25, 0.3) is 11.0 Å². The molecule has 2 aromatic heterocycles. The van der Waals surface area contributed by atoms with Gasteiger partial charge in [0.1, 0.15) is 10.6 Å². The van der Waals surface area contributed by atoms with Gasteiger partial charge in [0.25, 0.3) is 11.8 Å². The fraction of sp³-hybridized carbons (Fsp3) is 0.400. The summed E-state index contributed by atoms with van der Waals surface area (Å²) >= 11 is 1.44. The summed E-state index contributed by atoms with van der Waals surface area (Å²) in [5.74, 6) is -0.812. The molecular weight excluding hydrogens is 440 g/mol. The van der Waals surface area contributed by atoms with Crippen LogP contribution in [0.15, 0.2) is 33.5 Å². The summed E-state index contributed by atoms with van der Waals surface area (Å²) in [6, 6.07) is 6.47. The lowest BCUT2D eigenvalue weighted by Crippen LogP contribution is -2.32. The first kappa shape index (κ1) is 21.9. The Morgan fingerprint density at radius 1 is 1.12 bits per heavy atom. The van der Waals surface area contributed by atoms with E-state index in [4.69, 9.17) is 9.15 Å². The van der Waals surface area contributed by atoms with Gasteiger partial charge in [-0.25, -0.2) is 0 Å². The number of carbonyl (C=O) groups excluding carboxylic acids is 2. The highest BCUT2D eigenvalue weighted by atomic mass is 32.1. The first-order valence-corrected chi connectivity index (χ1v) is 12.2. The van der Waals surface area contributed by atoms with E-state index in [0.29, 0.717) is 28.1 Å². The summed E-state index contributed by atoms with van der Waals surface area (Å²) < 4.78 is 11.4. The van der Waals surface area contributed by atoms with Gasteiger partial charge in [0.15, 0.2) is 11.2 Å². The monoisotopic (exact) mass is 466 g/mol. The van der Waals surface area contributed by atoms with Crippen molar-refractivity contribution in [3.8, 4) is 0 Å². The number of anilines is 1. The number of amides is 2. The Morgan fingerprint density at radius 2 is 1.97 bits per heavy atom. The number of aryl methyl sites for hydroxylation is 2. The van der Waals surface area contributed by atoms with E-state index in [-0.39, 0.29) is 23.2 Å². The fourth-order valence-electron chi connectivity index (χ4n) is 4.53. The van der Waals surface area contributed by atoms with Crippen molar-refractivity contribution in [3.63, 3.8) is 0 Å². The molecule has 1 atom stereocenters. The molecule has 0 saturated carbocycles. The molecule has 3 heterocycles. The van der Waals surface area contributed by atoms with E-state index in [1.807, 2.05) is 13.0 Å². The molecule has 33 heavy (non-hydrogen) atoms. The van der Waals surface area contributed by atoms with Gasteiger partial charge in [-0.2, -0.15) is 0 Å².